The lowest BCUT2D eigenvalue weighted by Gasteiger charge is -2.34. The predicted octanol–water partition coefficient (Wildman–Crippen LogP) is 2.92. The topological polar surface area (TPSA) is 15.3 Å². The highest BCUT2D eigenvalue weighted by atomic mass is 35.5. The van der Waals surface area contributed by atoms with Crippen molar-refractivity contribution in [1.82, 2.24) is 10.2 Å². The van der Waals surface area contributed by atoms with Crippen LogP contribution in [0.4, 0.5) is 4.39 Å². The van der Waals surface area contributed by atoms with E-state index in [4.69, 9.17) is 11.6 Å². The Kier molecular flexibility index (Phi) is 4.38. The summed E-state index contributed by atoms with van der Waals surface area (Å²) in [5.41, 5.74) is 1.17. The minimum absolute atomic E-state index is 0.153. The number of halogens is 2. The summed E-state index contributed by atoms with van der Waals surface area (Å²) in [4.78, 5) is 2.20. The van der Waals surface area contributed by atoms with Gasteiger partial charge in [-0.2, -0.15) is 0 Å². The van der Waals surface area contributed by atoms with Crippen molar-refractivity contribution in [3.8, 4) is 0 Å². The number of piperazine rings is 1. The minimum Gasteiger partial charge on any atom is -0.314 e. The van der Waals surface area contributed by atoms with Crippen LogP contribution in [0.15, 0.2) is 24.8 Å². The highest BCUT2D eigenvalue weighted by Gasteiger charge is 2.24. The first kappa shape index (κ1) is 13.5. The third-order valence-electron chi connectivity index (χ3n) is 3.38. The first-order valence-corrected chi connectivity index (χ1v) is 6.54. The van der Waals surface area contributed by atoms with Gasteiger partial charge in [-0.25, -0.2) is 4.39 Å². The van der Waals surface area contributed by atoms with Crippen LogP contribution in [0.2, 0.25) is 5.02 Å². The van der Waals surface area contributed by atoms with Crippen LogP contribution in [-0.2, 0) is 0 Å². The number of hydrogen-bond acceptors (Lipinski definition) is 2. The van der Waals surface area contributed by atoms with Gasteiger partial charge in [0.2, 0.25) is 0 Å². The summed E-state index contributed by atoms with van der Waals surface area (Å²) in [6.07, 6.45) is 1.77. The third-order valence-corrected chi connectivity index (χ3v) is 3.71. The van der Waals surface area contributed by atoms with Gasteiger partial charge in [0.1, 0.15) is 5.82 Å². The van der Waals surface area contributed by atoms with Gasteiger partial charge >= 0.3 is 0 Å². The van der Waals surface area contributed by atoms with Gasteiger partial charge in [-0.3, -0.25) is 4.90 Å². The lowest BCUT2D eigenvalue weighted by molar-refractivity contribution is 0.200. The number of aryl methyl sites for hydroxylation is 1. The molecule has 1 N–H and O–H groups in total. The fourth-order valence-electron chi connectivity index (χ4n) is 2.36. The third kappa shape index (κ3) is 2.58. The van der Waals surface area contributed by atoms with E-state index in [-0.39, 0.29) is 11.9 Å². The molecule has 0 aliphatic carbocycles. The Bertz CT molecular complexity index is 442. The standard InChI is InChI=1S/C14H18ClFN2/c1-3-12(18-8-6-17-7-9-18)13-11(15)5-4-10(2)14(13)16/h3-5,12,17H,1,6-9H2,2H3/t12-/m0/s1. The molecule has 0 saturated carbocycles. The summed E-state index contributed by atoms with van der Waals surface area (Å²) in [6.45, 7) is 9.17. The SMILES string of the molecule is C=C[C@@H](c1c(Cl)ccc(C)c1F)N1CCNCC1. The van der Waals surface area contributed by atoms with Gasteiger partial charge in [0.15, 0.2) is 0 Å². The van der Waals surface area contributed by atoms with E-state index in [9.17, 15) is 4.39 Å². The molecule has 0 spiro atoms. The maximum Gasteiger partial charge on any atom is 0.132 e. The molecule has 1 aliphatic heterocycles. The van der Waals surface area contributed by atoms with Crippen molar-refractivity contribution in [3.05, 3.63) is 46.8 Å². The van der Waals surface area contributed by atoms with Crippen LogP contribution in [0.5, 0.6) is 0 Å². The van der Waals surface area contributed by atoms with E-state index in [1.165, 1.54) is 0 Å². The molecule has 0 aromatic heterocycles. The van der Waals surface area contributed by atoms with Gasteiger partial charge in [-0.05, 0) is 18.6 Å². The first-order valence-electron chi connectivity index (χ1n) is 6.17. The largest absolute Gasteiger partial charge is 0.314 e. The molecule has 1 heterocycles. The van der Waals surface area contributed by atoms with Crippen LogP contribution in [0.3, 0.4) is 0 Å². The van der Waals surface area contributed by atoms with Gasteiger partial charge in [-0.1, -0.05) is 23.7 Å². The lowest BCUT2D eigenvalue weighted by Crippen LogP contribution is -2.44. The van der Waals surface area contributed by atoms with Gasteiger partial charge in [0.25, 0.3) is 0 Å². The summed E-state index contributed by atoms with van der Waals surface area (Å²) in [7, 11) is 0. The van der Waals surface area contributed by atoms with Crippen molar-refractivity contribution < 1.29 is 4.39 Å². The van der Waals surface area contributed by atoms with E-state index < -0.39 is 0 Å². The van der Waals surface area contributed by atoms with Gasteiger partial charge in [-0.15, -0.1) is 6.58 Å². The Balaban J connectivity index is 2.37. The van der Waals surface area contributed by atoms with Crippen molar-refractivity contribution >= 4 is 11.6 Å². The average Bonchev–Trinajstić information content (AvgIpc) is 2.40. The number of rotatable bonds is 3. The number of nitrogens with one attached hydrogen (secondary N) is 1. The number of hydrogen-bond donors (Lipinski definition) is 1. The fraction of sp³-hybridized carbons (Fsp3) is 0.429. The Hall–Kier alpha value is -0.900. The highest BCUT2D eigenvalue weighted by molar-refractivity contribution is 6.31. The monoisotopic (exact) mass is 268 g/mol. The van der Waals surface area contributed by atoms with Crippen LogP contribution >= 0.6 is 11.6 Å². The van der Waals surface area contributed by atoms with Crippen LogP contribution in [-0.4, -0.2) is 31.1 Å². The molecule has 1 fully saturated rings. The summed E-state index contributed by atoms with van der Waals surface area (Å²) in [6, 6.07) is 3.31. The van der Waals surface area contributed by atoms with Crippen LogP contribution < -0.4 is 5.32 Å². The van der Waals surface area contributed by atoms with Crippen molar-refractivity contribution in [2.45, 2.75) is 13.0 Å². The maximum atomic E-state index is 14.3. The Morgan fingerprint density at radius 3 is 2.72 bits per heavy atom. The Morgan fingerprint density at radius 1 is 1.44 bits per heavy atom. The molecule has 1 atom stereocenters. The molecule has 0 amide bonds. The molecule has 0 radical (unpaired) electrons. The summed E-state index contributed by atoms with van der Waals surface area (Å²) in [5, 5.41) is 3.76. The quantitative estimate of drug-likeness (QED) is 0.848. The van der Waals surface area contributed by atoms with Gasteiger partial charge in [0.05, 0.1) is 6.04 Å². The second-order valence-electron chi connectivity index (χ2n) is 4.56. The molecule has 4 heteroatoms. The molecule has 0 bridgehead atoms. The van der Waals surface area contributed by atoms with Crippen molar-refractivity contribution in [2.75, 3.05) is 26.2 Å². The van der Waals surface area contributed by atoms with E-state index in [1.807, 2.05) is 0 Å². The average molecular weight is 269 g/mol. The zero-order valence-electron chi connectivity index (χ0n) is 10.5. The smallest absolute Gasteiger partial charge is 0.132 e. The van der Waals surface area contributed by atoms with Crippen molar-refractivity contribution in [2.24, 2.45) is 0 Å². The molecule has 1 aliphatic rings. The molecule has 2 rings (SSSR count). The summed E-state index contributed by atoms with van der Waals surface area (Å²) >= 11 is 6.16. The Labute approximate surface area is 112 Å². The molecule has 98 valence electrons. The van der Waals surface area contributed by atoms with Crippen LogP contribution in [0.1, 0.15) is 17.2 Å². The molecule has 1 aromatic rings. The molecule has 1 aromatic carbocycles. The van der Waals surface area contributed by atoms with Crippen molar-refractivity contribution in [1.29, 1.82) is 0 Å². The van der Waals surface area contributed by atoms with Gasteiger partial charge < -0.3 is 5.32 Å². The molecular weight excluding hydrogens is 251 g/mol. The molecule has 18 heavy (non-hydrogen) atoms. The highest BCUT2D eigenvalue weighted by Crippen LogP contribution is 2.32. The van der Waals surface area contributed by atoms with E-state index in [0.29, 0.717) is 16.1 Å². The molecule has 2 nitrogen and oxygen atoms in total. The number of nitrogens with zero attached hydrogens (tertiary/aromatic N) is 1. The normalized spacial score (nSPS) is 18.6. The molecular formula is C14H18ClFN2. The van der Waals surface area contributed by atoms with E-state index in [2.05, 4.69) is 16.8 Å². The number of benzene rings is 1. The van der Waals surface area contributed by atoms with E-state index in [0.717, 1.165) is 26.2 Å². The van der Waals surface area contributed by atoms with E-state index >= 15 is 0 Å². The summed E-state index contributed by atoms with van der Waals surface area (Å²) in [5.74, 6) is -0.217. The van der Waals surface area contributed by atoms with Gasteiger partial charge in [0, 0.05) is 36.8 Å². The zero-order valence-corrected chi connectivity index (χ0v) is 11.3. The molecule has 0 unspecified atom stereocenters. The predicted molar refractivity (Wildman–Crippen MR) is 73.5 cm³/mol. The van der Waals surface area contributed by atoms with Crippen LogP contribution in [0.25, 0.3) is 0 Å². The Morgan fingerprint density at radius 2 is 2.11 bits per heavy atom. The fourth-order valence-corrected chi connectivity index (χ4v) is 2.62. The van der Waals surface area contributed by atoms with E-state index in [1.54, 1.807) is 25.1 Å². The second-order valence-corrected chi connectivity index (χ2v) is 4.97. The maximum absolute atomic E-state index is 14.3. The zero-order chi connectivity index (χ0) is 13.1. The minimum atomic E-state index is -0.217. The van der Waals surface area contributed by atoms with Crippen molar-refractivity contribution in [3.63, 3.8) is 0 Å². The second kappa shape index (κ2) is 5.83. The summed E-state index contributed by atoms with van der Waals surface area (Å²) < 4.78 is 14.3. The molecule has 1 saturated heterocycles. The lowest BCUT2D eigenvalue weighted by atomic mass is 10.0. The van der Waals surface area contributed by atoms with Crippen LogP contribution in [0, 0.1) is 12.7 Å². The first-order chi connectivity index (χ1) is 8.65.